The van der Waals surface area contributed by atoms with Crippen LogP contribution >= 0.6 is 0 Å². The number of hydrogen-bond acceptors (Lipinski definition) is 6. The molecule has 0 bridgehead atoms. The molecular weight excluding hydrogens is 473 g/mol. The summed E-state index contributed by atoms with van der Waals surface area (Å²) in [7, 11) is 3.20. The van der Waals surface area contributed by atoms with Crippen molar-refractivity contribution in [1.82, 2.24) is 19.9 Å². The van der Waals surface area contributed by atoms with Crippen LogP contribution in [0.1, 0.15) is 37.2 Å². The molecule has 1 amide bonds. The Hall–Kier alpha value is -4.14. The van der Waals surface area contributed by atoms with E-state index < -0.39 is 0 Å². The van der Waals surface area contributed by atoms with Gasteiger partial charge in [0, 0.05) is 50.9 Å². The molecule has 0 saturated carbocycles. The molecule has 4 aromatic rings. The molecule has 1 aliphatic heterocycles. The van der Waals surface area contributed by atoms with Crippen LogP contribution < -0.4 is 14.4 Å². The zero-order valence-corrected chi connectivity index (χ0v) is 21.4. The van der Waals surface area contributed by atoms with Crippen molar-refractivity contribution >= 4 is 22.6 Å². The quantitative estimate of drug-likeness (QED) is 0.392. The molecular formula is C28H32FN5O3. The fraction of sp³-hybridized carbons (Fsp3) is 0.321. The zero-order chi connectivity index (χ0) is 26.1. The number of nitrogens with zero attached hydrogens (tertiary/aromatic N) is 4. The van der Waals surface area contributed by atoms with E-state index in [0.717, 1.165) is 16.9 Å². The molecule has 5 rings (SSSR count). The third-order valence-electron chi connectivity index (χ3n) is 6.86. The highest BCUT2D eigenvalue weighted by Gasteiger charge is 2.27. The standard InChI is InChI=1S/C28H30FN5O3.H2/c1-17(2)19-14-20(18-7-9-30-16-24(18)37-4)21-15-22(32-26(21)25(19)29)28(35)34-12-10-33(11-13-34)27-23(36-3)6-5-8-31-27;/h5-9,14-17,32H,10-13H2,1-4H3;1H. The van der Waals surface area contributed by atoms with Gasteiger partial charge >= 0.3 is 0 Å². The first-order valence-corrected chi connectivity index (χ1v) is 12.3. The number of carbonyl (C=O) groups is 1. The van der Waals surface area contributed by atoms with Gasteiger partial charge in [0.1, 0.15) is 11.4 Å². The number of amides is 1. The van der Waals surface area contributed by atoms with Gasteiger partial charge in [0.15, 0.2) is 17.4 Å². The van der Waals surface area contributed by atoms with Gasteiger partial charge in [-0.15, -0.1) is 0 Å². The number of aromatic amines is 1. The highest BCUT2D eigenvalue weighted by Crippen LogP contribution is 2.39. The molecule has 1 fully saturated rings. The number of fused-ring (bicyclic) bond motifs is 1. The van der Waals surface area contributed by atoms with Crippen molar-refractivity contribution in [3.05, 3.63) is 66.0 Å². The van der Waals surface area contributed by atoms with E-state index in [4.69, 9.17) is 9.47 Å². The average Bonchev–Trinajstić information content (AvgIpc) is 3.39. The van der Waals surface area contributed by atoms with Crippen LogP contribution in [0, 0.1) is 5.82 Å². The van der Waals surface area contributed by atoms with E-state index in [1.165, 1.54) is 0 Å². The van der Waals surface area contributed by atoms with Gasteiger partial charge in [-0.3, -0.25) is 9.78 Å². The van der Waals surface area contributed by atoms with Gasteiger partial charge in [0.05, 0.1) is 25.9 Å². The number of aromatic nitrogens is 3. The van der Waals surface area contributed by atoms with Crippen molar-refractivity contribution in [1.29, 1.82) is 0 Å². The third kappa shape index (κ3) is 4.45. The van der Waals surface area contributed by atoms with Crippen LogP contribution in [-0.4, -0.2) is 66.2 Å². The maximum atomic E-state index is 15.6. The summed E-state index contributed by atoms with van der Waals surface area (Å²) in [6, 6.07) is 9.14. The minimum Gasteiger partial charge on any atom is -0.494 e. The first-order valence-electron chi connectivity index (χ1n) is 12.3. The molecule has 0 spiro atoms. The van der Waals surface area contributed by atoms with E-state index >= 15 is 4.39 Å². The van der Waals surface area contributed by atoms with Gasteiger partial charge in [-0.1, -0.05) is 13.8 Å². The largest absolute Gasteiger partial charge is 0.494 e. The first-order chi connectivity index (χ1) is 17.9. The van der Waals surface area contributed by atoms with Gasteiger partial charge in [0.2, 0.25) is 0 Å². The molecule has 0 atom stereocenters. The minimum absolute atomic E-state index is 0. The lowest BCUT2D eigenvalue weighted by molar-refractivity contribution is 0.0741. The number of H-pyrrole nitrogens is 1. The molecule has 0 unspecified atom stereocenters. The molecule has 4 heterocycles. The van der Waals surface area contributed by atoms with Crippen molar-refractivity contribution in [2.24, 2.45) is 0 Å². The fourth-order valence-electron chi connectivity index (χ4n) is 4.88. The van der Waals surface area contributed by atoms with Crippen molar-refractivity contribution in [3.8, 4) is 22.6 Å². The Bertz CT molecular complexity index is 1450. The number of carbonyl (C=O) groups excluding carboxylic acids is 1. The summed E-state index contributed by atoms with van der Waals surface area (Å²) < 4.78 is 26.6. The highest BCUT2D eigenvalue weighted by molar-refractivity contribution is 6.04. The van der Waals surface area contributed by atoms with E-state index in [1.807, 2.05) is 38.1 Å². The number of hydrogen-bond donors (Lipinski definition) is 1. The third-order valence-corrected chi connectivity index (χ3v) is 6.86. The van der Waals surface area contributed by atoms with Crippen LogP contribution in [0.3, 0.4) is 0 Å². The molecule has 194 valence electrons. The summed E-state index contributed by atoms with van der Waals surface area (Å²) in [6.45, 7) is 6.15. The first kappa shape index (κ1) is 24.5. The molecule has 3 aromatic heterocycles. The molecule has 8 nitrogen and oxygen atoms in total. The molecule has 1 aliphatic rings. The molecule has 1 N–H and O–H groups in total. The van der Waals surface area contributed by atoms with Crippen LogP contribution in [0.4, 0.5) is 10.2 Å². The summed E-state index contributed by atoms with van der Waals surface area (Å²) in [5.74, 6) is 1.50. The lowest BCUT2D eigenvalue weighted by Crippen LogP contribution is -2.49. The second-order valence-electron chi connectivity index (χ2n) is 9.34. The normalized spacial score (nSPS) is 13.9. The number of ether oxygens (including phenoxy) is 2. The Morgan fingerprint density at radius 3 is 2.51 bits per heavy atom. The SMILES string of the molecule is COc1cnccc1-c1cc(C(C)C)c(F)c2[nH]c(C(=O)N3CCN(c4ncccc4OC)CC3)cc12.[HH]. The second kappa shape index (κ2) is 10.1. The van der Waals surface area contributed by atoms with Crippen molar-refractivity contribution in [3.63, 3.8) is 0 Å². The number of pyridine rings is 2. The molecule has 1 saturated heterocycles. The van der Waals surface area contributed by atoms with Crippen LogP contribution in [0.2, 0.25) is 0 Å². The monoisotopic (exact) mass is 505 g/mol. The molecule has 0 aliphatic carbocycles. The van der Waals surface area contributed by atoms with E-state index in [-0.39, 0.29) is 19.1 Å². The van der Waals surface area contributed by atoms with Gasteiger partial charge in [-0.05, 0) is 47.4 Å². The van der Waals surface area contributed by atoms with E-state index in [0.29, 0.717) is 59.8 Å². The second-order valence-corrected chi connectivity index (χ2v) is 9.34. The predicted molar refractivity (Wildman–Crippen MR) is 143 cm³/mol. The number of methoxy groups -OCH3 is 2. The summed E-state index contributed by atoms with van der Waals surface area (Å²) in [5.41, 5.74) is 2.83. The van der Waals surface area contributed by atoms with Crippen molar-refractivity contribution in [2.75, 3.05) is 45.3 Å². The molecule has 1 aromatic carbocycles. The number of anilines is 1. The number of rotatable bonds is 6. The Morgan fingerprint density at radius 2 is 1.81 bits per heavy atom. The number of halogens is 1. The molecule has 9 heteroatoms. The number of piperazine rings is 1. The minimum atomic E-state index is -0.340. The Morgan fingerprint density at radius 1 is 1.05 bits per heavy atom. The Balaban J connectivity index is 0.00000336. The lowest BCUT2D eigenvalue weighted by Gasteiger charge is -2.35. The summed E-state index contributed by atoms with van der Waals surface area (Å²) in [5, 5.41) is 0.631. The van der Waals surface area contributed by atoms with Gasteiger partial charge in [-0.2, -0.15) is 0 Å². The van der Waals surface area contributed by atoms with Crippen molar-refractivity contribution in [2.45, 2.75) is 19.8 Å². The number of benzene rings is 1. The number of nitrogens with one attached hydrogen (secondary N) is 1. The fourth-order valence-corrected chi connectivity index (χ4v) is 4.88. The molecule has 37 heavy (non-hydrogen) atoms. The topological polar surface area (TPSA) is 83.6 Å². The Labute approximate surface area is 216 Å². The lowest BCUT2D eigenvalue weighted by atomic mass is 9.93. The smallest absolute Gasteiger partial charge is 0.270 e. The maximum absolute atomic E-state index is 15.6. The zero-order valence-electron chi connectivity index (χ0n) is 21.4. The van der Waals surface area contributed by atoms with Gasteiger partial charge < -0.3 is 24.3 Å². The van der Waals surface area contributed by atoms with Crippen LogP contribution in [-0.2, 0) is 0 Å². The van der Waals surface area contributed by atoms with Gasteiger partial charge in [0.25, 0.3) is 5.91 Å². The summed E-state index contributed by atoms with van der Waals surface area (Å²) >= 11 is 0. The predicted octanol–water partition coefficient (Wildman–Crippen LogP) is 5.11. The van der Waals surface area contributed by atoms with Crippen molar-refractivity contribution < 1.29 is 20.1 Å². The van der Waals surface area contributed by atoms with Gasteiger partial charge in [-0.25, -0.2) is 9.37 Å². The van der Waals surface area contributed by atoms with Crippen LogP contribution in [0.25, 0.3) is 22.0 Å². The van der Waals surface area contributed by atoms with Crippen LogP contribution in [0.5, 0.6) is 11.5 Å². The highest BCUT2D eigenvalue weighted by atomic mass is 19.1. The van der Waals surface area contributed by atoms with E-state index in [2.05, 4.69) is 19.9 Å². The molecule has 0 radical (unpaired) electrons. The summed E-state index contributed by atoms with van der Waals surface area (Å²) in [6.07, 6.45) is 5.04. The maximum Gasteiger partial charge on any atom is 0.270 e. The van der Waals surface area contributed by atoms with Crippen LogP contribution in [0.15, 0.2) is 48.9 Å². The average molecular weight is 506 g/mol. The summed E-state index contributed by atoms with van der Waals surface area (Å²) in [4.78, 5) is 29.1. The Kier molecular flexibility index (Phi) is 6.69. The van der Waals surface area contributed by atoms with E-state index in [9.17, 15) is 4.79 Å². The van der Waals surface area contributed by atoms with E-state index in [1.54, 1.807) is 43.8 Å².